The largest absolute Gasteiger partial charge is 0.508 e. The molecule has 0 saturated heterocycles. The number of hydrogen-bond donors (Lipinski definition) is 1. The highest BCUT2D eigenvalue weighted by molar-refractivity contribution is 5.67. The molecule has 0 aliphatic carbocycles. The third-order valence-corrected chi connectivity index (χ3v) is 4.35. The zero-order valence-corrected chi connectivity index (χ0v) is 15.6. The van der Waals surface area contributed by atoms with Gasteiger partial charge in [0.2, 0.25) is 0 Å². The Morgan fingerprint density at radius 1 is 0.923 bits per heavy atom. The molecule has 0 radical (unpaired) electrons. The van der Waals surface area contributed by atoms with E-state index in [0.29, 0.717) is 19.7 Å². The Balaban J connectivity index is 1.88. The van der Waals surface area contributed by atoms with Crippen LogP contribution >= 0.6 is 0 Å². The maximum absolute atomic E-state index is 12.5. The normalized spacial score (nSPS) is 10.5. The first kappa shape index (κ1) is 19.8. The molecule has 0 spiro atoms. The van der Waals surface area contributed by atoms with Gasteiger partial charge in [0.05, 0.1) is 0 Å². The van der Waals surface area contributed by atoms with E-state index in [1.54, 1.807) is 17.0 Å². The predicted octanol–water partition coefficient (Wildman–Crippen LogP) is 5.15. The summed E-state index contributed by atoms with van der Waals surface area (Å²) in [5.41, 5.74) is 2.09. The number of phenolic OH excluding ortho intramolecular Hbond substituents is 1. The summed E-state index contributed by atoms with van der Waals surface area (Å²) >= 11 is 0. The zero-order chi connectivity index (χ0) is 18.6. The molecule has 2 aromatic carbocycles. The third-order valence-electron chi connectivity index (χ3n) is 4.35. The highest BCUT2D eigenvalue weighted by atomic mass is 16.6. The first-order valence-electron chi connectivity index (χ1n) is 9.42. The smallest absolute Gasteiger partial charge is 0.410 e. The van der Waals surface area contributed by atoms with Gasteiger partial charge in [0.25, 0.3) is 0 Å². The monoisotopic (exact) mass is 355 g/mol. The predicted molar refractivity (Wildman–Crippen MR) is 104 cm³/mol. The topological polar surface area (TPSA) is 49.8 Å². The van der Waals surface area contributed by atoms with Gasteiger partial charge in [-0.25, -0.2) is 4.79 Å². The molecule has 0 atom stereocenters. The molecule has 0 unspecified atom stereocenters. The van der Waals surface area contributed by atoms with E-state index in [-0.39, 0.29) is 11.8 Å². The fraction of sp³-hybridized carbons (Fsp3) is 0.409. The Hall–Kier alpha value is -2.49. The highest BCUT2D eigenvalue weighted by Crippen LogP contribution is 2.12. The van der Waals surface area contributed by atoms with Gasteiger partial charge in [0.15, 0.2) is 0 Å². The summed E-state index contributed by atoms with van der Waals surface area (Å²) in [5.74, 6) is 0.257. The number of phenols is 1. The van der Waals surface area contributed by atoms with Crippen LogP contribution in [-0.2, 0) is 17.8 Å². The summed E-state index contributed by atoms with van der Waals surface area (Å²) < 4.78 is 5.50. The van der Waals surface area contributed by atoms with Crippen molar-refractivity contribution in [3.05, 3.63) is 65.7 Å². The number of rotatable bonds is 10. The van der Waals surface area contributed by atoms with Crippen molar-refractivity contribution in [1.82, 2.24) is 4.90 Å². The van der Waals surface area contributed by atoms with Crippen molar-refractivity contribution in [3.8, 4) is 5.75 Å². The van der Waals surface area contributed by atoms with Crippen molar-refractivity contribution in [2.24, 2.45) is 0 Å². The van der Waals surface area contributed by atoms with Gasteiger partial charge in [-0.2, -0.15) is 0 Å². The zero-order valence-electron chi connectivity index (χ0n) is 15.6. The average molecular weight is 355 g/mol. The molecule has 1 amide bonds. The molecule has 2 aromatic rings. The van der Waals surface area contributed by atoms with Gasteiger partial charge in [-0.05, 0) is 36.1 Å². The SMILES string of the molecule is CCCCCCN(CCc1ccc(O)cc1)C(=O)OCc1ccccc1. The van der Waals surface area contributed by atoms with Gasteiger partial charge in [-0.3, -0.25) is 0 Å². The van der Waals surface area contributed by atoms with Crippen molar-refractivity contribution in [1.29, 1.82) is 0 Å². The maximum Gasteiger partial charge on any atom is 0.410 e. The quantitative estimate of drug-likeness (QED) is 0.599. The lowest BCUT2D eigenvalue weighted by atomic mass is 10.1. The standard InChI is InChI=1S/C22H29NO3/c1-2-3-4-8-16-23(17-15-19-11-13-21(24)14-12-19)22(25)26-18-20-9-6-5-7-10-20/h5-7,9-14,24H,2-4,8,15-18H2,1H3. The van der Waals surface area contributed by atoms with E-state index in [2.05, 4.69) is 6.92 Å². The van der Waals surface area contributed by atoms with Crippen molar-refractivity contribution >= 4 is 6.09 Å². The molecule has 0 saturated carbocycles. The van der Waals surface area contributed by atoms with Crippen LogP contribution in [0.3, 0.4) is 0 Å². The lowest BCUT2D eigenvalue weighted by Gasteiger charge is -2.22. The number of unbranched alkanes of at least 4 members (excludes halogenated alkanes) is 3. The van der Waals surface area contributed by atoms with Crippen LogP contribution in [0.4, 0.5) is 4.79 Å². The van der Waals surface area contributed by atoms with Crippen LogP contribution in [0.5, 0.6) is 5.75 Å². The molecule has 0 bridgehead atoms. The molecule has 0 heterocycles. The van der Waals surface area contributed by atoms with E-state index < -0.39 is 0 Å². The Kier molecular flexibility index (Phi) is 8.53. The number of aromatic hydroxyl groups is 1. The molecule has 4 nitrogen and oxygen atoms in total. The van der Waals surface area contributed by atoms with E-state index in [9.17, 15) is 9.90 Å². The summed E-state index contributed by atoms with van der Waals surface area (Å²) in [4.78, 5) is 14.3. The van der Waals surface area contributed by atoms with E-state index in [1.807, 2.05) is 42.5 Å². The van der Waals surface area contributed by atoms with Crippen LogP contribution < -0.4 is 0 Å². The minimum absolute atomic E-state index is 0.257. The Bertz CT molecular complexity index is 640. The number of ether oxygens (including phenoxy) is 1. The van der Waals surface area contributed by atoms with E-state index in [1.165, 1.54) is 12.8 Å². The number of nitrogens with zero attached hydrogens (tertiary/aromatic N) is 1. The van der Waals surface area contributed by atoms with Crippen LogP contribution in [0.25, 0.3) is 0 Å². The molecular weight excluding hydrogens is 326 g/mol. The van der Waals surface area contributed by atoms with E-state index >= 15 is 0 Å². The Morgan fingerprint density at radius 3 is 2.35 bits per heavy atom. The third kappa shape index (κ3) is 7.18. The van der Waals surface area contributed by atoms with Crippen molar-refractivity contribution < 1.29 is 14.6 Å². The van der Waals surface area contributed by atoms with Crippen molar-refractivity contribution in [3.63, 3.8) is 0 Å². The minimum atomic E-state index is -0.260. The van der Waals surface area contributed by atoms with Gasteiger partial charge < -0.3 is 14.7 Å². The lowest BCUT2D eigenvalue weighted by Crippen LogP contribution is -2.34. The number of hydrogen-bond acceptors (Lipinski definition) is 3. The molecule has 0 aromatic heterocycles. The van der Waals surface area contributed by atoms with Crippen LogP contribution in [0.15, 0.2) is 54.6 Å². The van der Waals surface area contributed by atoms with Crippen molar-refractivity contribution in [2.45, 2.75) is 45.6 Å². The van der Waals surface area contributed by atoms with Gasteiger partial charge >= 0.3 is 6.09 Å². The summed E-state index contributed by atoms with van der Waals surface area (Å²) in [6.07, 6.45) is 4.96. The first-order chi connectivity index (χ1) is 12.7. The van der Waals surface area contributed by atoms with Crippen LogP contribution in [-0.4, -0.2) is 29.2 Å². The number of carbonyl (C=O) groups is 1. The van der Waals surface area contributed by atoms with Gasteiger partial charge in [0, 0.05) is 13.1 Å². The summed E-state index contributed by atoms with van der Waals surface area (Å²) in [6, 6.07) is 16.9. The number of amides is 1. The second-order valence-corrected chi connectivity index (χ2v) is 6.50. The van der Waals surface area contributed by atoms with Gasteiger partial charge in [-0.15, -0.1) is 0 Å². The minimum Gasteiger partial charge on any atom is -0.508 e. The van der Waals surface area contributed by atoms with E-state index in [4.69, 9.17) is 4.74 Å². The highest BCUT2D eigenvalue weighted by Gasteiger charge is 2.15. The first-order valence-corrected chi connectivity index (χ1v) is 9.42. The van der Waals surface area contributed by atoms with Crippen LogP contribution in [0.1, 0.15) is 43.7 Å². The second kappa shape index (κ2) is 11.2. The fourth-order valence-electron chi connectivity index (χ4n) is 2.76. The summed E-state index contributed by atoms with van der Waals surface area (Å²) in [5, 5.41) is 9.38. The van der Waals surface area contributed by atoms with Crippen LogP contribution in [0, 0.1) is 0 Å². The molecule has 140 valence electrons. The Labute approximate surface area is 156 Å². The number of carbonyl (C=O) groups excluding carboxylic acids is 1. The molecular formula is C22H29NO3. The van der Waals surface area contributed by atoms with E-state index in [0.717, 1.165) is 30.4 Å². The van der Waals surface area contributed by atoms with Gasteiger partial charge in [-0.1, -0.05) is 68.7 Å². The number of benzene rings is 2. The maximum atomic E-state index is 12.5. The fourth-order valence-corrected chi connectivity index (χ4v) is 2.76. The summed E-state index contributed by atoms with van der Waals surface area (Å²) in [7, 11) is 0. The Morgan fingerprint density at radius 2 is 1.65 bits per heavy atom. The summed E-state index contributed by atoms with van der Waals surface area (Å²) in [6.45, 7) is 3.80. The molecule has 26 heavy (non-hydrogen) atoms. The lowest BCUT2D eigenvalue weighted by molar-refractivity contribution is 0.0958. The molecule has 0 aliphatic heterocycles. The van der Waals surface area contributed by atoms with Crippen molar-refractivity contribution in [2.75, 3.05) is 13.1 Å². The van der Waals surface area contributed by atoms with Gasteiger partial charge in [0.1, 0.15) is 12.4 Å². The average Bonchev–Trinajstić information content (AvgIpc) is 2.67. The van der Waals surface area contributed by atoms with Crippen LogP contribution in [0.2, 0.25) is 0 Å². The molecule has 1 N–H and O–H groups in total. The molecule has 4 heteroatoms. The second-order valence-electron chi connectivity index (χ2n) is 6.50. The molecule has 2 rings (SSSR count). The molecule has 0 fully saturated rings. The molecule has 0 aliphatic rings.